The molecule has 0 spiro atoms. The van der Waals surface area contributed by atoms with Gasteiger partial charge in [-0.25, -0.2) is 19.0 Å². The number of aromatic nitrogens is 2. The number of ether oxygens (including phenoxy) is 2. The molecule has 5 atom stereocenters. The highest BCUT2D eigenvalue weighted by Crippen LogP contribution is 2.48. The van der Waals surface area contributed by atoms with Crippen LogP contribution in [0.3, 0.4) is 0 Å². The van der Waals surface area contributed by atoms with E-state index in [4.69, 9.17) is 30.1 Å². The number of alkyl halides is 1. The van der Waals surface area contributed by atoms with E-state index in [2.05, 4.69) is 5.09 Å². The molecule has 1 saturated heterocycles. The Morgan fingerprint density at radius 3 is 2.38 bits per heavy atom. The van der Waals surface area contributed by atoms with Crippen molar-refractivity contribution in [2.24, 2.45) is 5.41 Å². The van der Waals surface area contributed by atoms with Crippen LogP contribution in [0, 0.1) is 5.41 Å². The first-order valence-corrected chi connectivity index (χ1v) is 18.5. The average Bonchev–Trinajstić information content (AvgIpc) is 3.30. The van der Waals surface area contributed by atoms with Crippen molar-refractivity contribution in [3.8, 4) is 0 Å². The van der Waals surface area contributed by atoms with Crippen LogP contribution in [0.25, 0.3) is 0 Å². The molecule has 48 heavy (non-hydrogen) atoms. The molecule has 0 bridgehead atoms. The second-order valence-electron chi connectivity index (χ2n) is 12.2. The highest BCUT2D eigenvalue weighted by Gasteiger charge is 2.54. The van der Waals surface area contributed by atoms with Crippen molar-refractivity contribution in [1.82, 2.24) is 14.2 Å². The van der Waals surface area contributed by atoms with Gasteiger partial charge in [-0.05, 0) is 24.5 Å². The van der Waals surface area contributed by atoms with Crippen LogP contribution in [0.5, 0.6) is 0 Å². The number of hydrogen-bond acceptors (Lipinski definition) is 10. The first-order valence-electron chi connectivity index (χ1n) is 15.6. The second kappa shape index (κ2) is 16.9. The molecule has 0 amide bonds. The van der Waals surface area contributed by atoms with Gasteiger partial charge in [0.2, 0.25) is 0 Å². The highest BCUT2D eigenvalue weighted by molar-refractivity contribution is 8.13. The highest BCUT2D eigenvalue weighted by atomic mass is 35.5. The van der Waals surface area contributed by atoms with Crippen molar-refractivity contribution in [3.05, 3.63) is 105 Å². The summed E-state index contributed by atoms with van der Waals surface area (Å²) in [5, 5.41) is 14.0. The van der Waals surface area contributed by atoms with Gasteiger partial charge >= 0.3 is 13.4 Å². The number of nitrogens with zero attached hydrogens (tertiary/aromatic N) is 2. The number of aliphatic hydroxyl groups is 1. The third-order valence-electron chi connectivity index (χ3n) is 8.14. The van der Waals surface area contributed by atoms with Crippen LogP contribution in [-0.4, -0.2) is 55.4 Å². The molecule has 3 aromatic rings. The Kier molecular flexibility index (Phi) is 13.4. The van der Waals surface area contributed by atoms with E-state index in [1.165, 1.54) is 19.2 Å². The lowest BCUT2D eigenvalue weighted by molar-refractivity contribution is -0.118. The lowest BCUT2D eigenvalue weighted by Gasteiger charge is -2.27. The molecule has 262 valence electrons. The zero-order chi connectivity index (χ0) is 35.0. The molecule has 1 aliphatic rings. The molecule has 2 aromatic carbocycles. The summed E-state index contributed by atoms with van der Waals surface area (Å²) < 4.78 is 39.0. The van der Waals surface area contributed by atoms with E-state index in [-0.39, 0.29) is 37.4 Å². The lowest BCUT2D eigenvalue weighted by Crippen LogP contribution is -2.46. The van der Waals surface area contributed by atoms with Gasteiger partial charge in [0.15, 0.2) is 11.3 Å². The fraction of sp³-hybridized carbons (Fsp3) is 0.485. The van der Waals surface area contributed by atoms with Gasteiger partial charge in [-0.2, -0.15) is 0 Å². The van der Waals surface area contributed by atoms with E-state index < -0.39 is 54.3 Å². The summed E-state index contributed by atoms with van der Waals surface area (Å²) in [6, 6.07) is 19.7. The molecule has 2 N–H and O–H groups in total. The van der Waals surface area contributed by atoms with E-state index in [1.807, 2.05) is 81.4 Å². The third-order valence-corrected chi connectivity index (χ3v) is 11.3. The van der Waals surface area contributed by atoms with Gasteiger partial charge in [-0.3, -0.25) is 23.2 Å². The summed E-state index contributed by atoms with van der Waals surface area (Å²) in [5.74, 6) is 0.251. The minimum atomic E-state index is -4.01. The number of halogens is 1. The summed E-state index contributed by atoms with van der Waals surface area (Å²) in [6.45, 7) is 6.71. The molecule has 4 rings (SSSR count). The number of rotatable bonds is 17. The van der Waals surface area contributed by atoms with Crippen LogP contribution in [-0.2, 0) is 47.8 Å². The van der Waals surface area contributed by atoms with Crippen LogP contribution in [0.2, 0.25) is 0 Å². The van der Waals surface area contributed by atoms with Gasteiger partial charge in [0.05, 0.1) is 19.8 Å². The fourth-order valence-electron chi connectivity index (χ4n) is 4.72. The molecule has 2 heterocycles. The molecular weight excluding hydrogens is 681 g/mol. The summed E-state index contributed by atoms with van der Waals surface area (Å²) >= 11 is 7.87. The van der Waals surface area contributed by atoms with Crippen molar-refractivity contribution < 1.29 is 33.0 Å². The lowest BCUT2D eigenvalue weighted by atomic mass is 9.92. The largest absolute Gasteiger partial charge is 0.405 e. The van der Waals surface area contributed by atoms with Gasteiger partial charge in [0.1, 0.15) is 23.8 Å². The van der Waals surface area contributed by atoms with Crippen LogP contribution in [0.1, 0.15) is 51.5 Å². The van der Waals surface area contributed by atoms with E-state index in [9.17, 15) is 24.1 Å². The maximum atomic E-state index is 13.9. The summed E-state index contributed by atoms with van der Waals surface area (Å²) in [5.41, 5.74) is -0.140. The van der Waals surface area contributed by atoms with Crippen molar-refractivity contribution >= 4 is 36.2 Å². The molecule has 1 fully saturated rings. The zero-order valence-electron chi connectivity index (χ0n) is 27.5. The number of nitrogens with one attached hydrogen (secondary N) is 1. The Hall–Kier alpha value is -2.58. The van der Waals surface area contributed by atoms with E-state index in [0.29, 0.717) is 6.42 Å². The monoisotopic (exact) mass is 723 g/mol. The summed E-state index contributed by atoms with van der Waals surface area (Å²) in [6.07, 6.45) is -1.81. The maximum absolute atomic E-state index is 13.9. The van der Waals surface area contributed by atoms with Crippen LogP contribution >= 0.6 is 31.1 Å². The minimum absolute atomic E-state index is 0.000783. The number of benzene rings is 2. The van der Waals surface area contributed by atoms with Gasteiger partial charge in [0, 0.05) is 30.0 Å². The number of carbonyl (C=O) groups is 1. The predicted molar refractivity (Wildman–Crippen MR) is 185 cm³/mol. The number of aliphatic hydroxyl groups excluding tert-OH is 1. The molecule has 1 aromatic heterocycles. The molecule has 15 heteroatoms. The average molecular weight is 724 g/mol. The van der Waals surface area contributed by atoms with Crippen LogP contribution in [0.15, 0.2) is 82.5 Å². The van der Waals surface area contributed by atoms with Gasteiger partial charge in [0.25, 0.3) is 5.56 Å². The molecule has 0 saturated carbocycles. The molecule has 0 aliphatic carbocycles. The molecule has 1 aliphatic heterocycles. The third kappa shape index (κ3) is 9.77. The summed E-state index contributed by atoms with van der Waals surface area (Å²) in [7, 11) is -4.01. The Bertz CT molecular complexity index is 1670. The van der Waals surface area contributed by atoms with Crippen molar-refractivity contribution in [3.63, 3.8) is 0 Å². The second-order valence-corrected chi connectivity index (χ2v) is 15.9. The fourth-order valence-corrected chi connectivity index (χ4v) is 7.34. The van der Waals surface area contributed by atoms with Crippen LogP contribution < -0.4 is 16.3 Å². The van der Waals surface area contributed by atoms with Crippen LogP contribution in [0.4, 0.5) is 0 Å². The maximum Gasteiger partial charge on any atom is 0.405 e. The minimum Gasteiger partial charge on any atom is -0.388 e. The van der Waals surface area contributed by atoms with Crippen molar-refractivity contribution in [1.29, 1.82) is 0 Å². The molecule has 12 nitrogen and oxygen atoms in total. The predicted octanol–water partition coefficient (Wildman–Crippen LogP) is 5.07. The number of carbonyl (C=O) groups excluding carboxylic acids is 1. The number of thioether (sulfide) groups is 1. The SMILES string of the molecule is CCC(C)(C)C(=O)SCCOP(=O)(NCc1ccccc1)OC[C@H]1O[C@@H](n2ccc(=O)n(COCc3ccccc3)c2=O)[C@](C)(Cl)[C@@H]1O. The van der Waals surface area contributed by atoms with Crippen molar-refractivity contribution in [2.75, 3.05) is 19.0 Å². The van der Waals surface area contributed by atoms with E-state index in [1.54, 1.807) is 0 Å². The van der Waals surface area contributed by atoms with Gasteiger partial charge in [-0.1, -0.05) is 93.2 Å². The molecule has 0 radical (unpaired) electrons. The normalized spacial score (nSPS) is 22.4. The van der Waals surface area contributed by atoms with Crippen molar-refractivity contribution in [2.45, 2.75) is 77.3 Å². The van der Waals surface area contributed by atoms with Gasteiger partial charge in [-0.15, -0.1) is 11.6 Å². The zero-order valence-corrected chi connectivity index (χ0v) is 29.9. The van der Waals surface area contributed by atoms with E-state index in [0.717, 1.165) is 32.0 Å². The Labute approximate surface area is 289 Å². The molecular formula is C33H43ClN3O9PS. The Balaban J connectivity index is 1.44. The smallest absolute Gasteiger partial charge is 0.388 e. The first kappa shape index (κ1) is 38.2. The van der Waals surface area contributed by atoms with E-state index >= 15 is 0 Å². The first-order chi connectivity index (χ1) is 22.8. The Morgan fingerprint density at radius 1 is 1.08 bits per heavy atom. The topological polar surface area (TPSA) is 147 Å². The standard InChI is InChI=1S/C33H43ClN3O9PS/c1-5-32(2,3)30(40)48-19-18-44-47(42,35-20-24-12-8-6-9-13-24)45-22-26-28(39)33(4,34)29(46-26)36-17-16-27(38)37(31(36)41)23-43-21-25-14-10-7-11-15-25/h6-17,26,28-29,39H,5,18-23H2,1-4H3,(H,35,42)/t26-,28-,29-,33-,47?/m1/s1. The summed E-state index contributed by atoms with van der Waals surface area (Å²) in [4.78, 5) is 37.0. The molecule has 1 unspecified atom stereocenters. The Morgan fingerprint density at radius 2 is 1.73 bits per heavy atom. The number of hydrogen-bond donors (Lipinski definition) is 2. The quantitative estimate of drug-likeness (QED) is 0.109. The van der Waals surface area contributed by atoms with Gasteiger partial charge < -0.3 is 14.6 Å².